The van der Waals surface area contributed by atoms with E-state index in [1.54, 1.807) is 0 Å². The number of nitrogens with one attached hydrogen (secondary N) is 2. The van der Waals surface area contributed by atoms with Crippen molar-refractivity contribution in [2.45, 2.75) is 64.1 Å². The first-order chi connectivity index (χ1) is 10.9. The van der Waals surface area contributed by atoms with Crippen molar-refractivity contribution in [2.75, 3.05) is 13.7 Å². The van der Waals surface area contributed by atoms with Crippen molar-refractivity contribution in [3.8, 4) is 0 Å². The van der Waals surface area contributed by atoms with Crippen molar-refractivity contribution >= 4 is 5.97 Å². The lowest BCUT2D eigenvalue weighted by atomic mass is 9.79. The minimum atomic E-state index is -0.229. The van der Waals surface area contributed by atoms with Gasteiger partial charge in [-0.05, 0) is 53.5 Å². The van der Waals surface area contributed by atoms with Gasteiger partial charge >= 0.3 is 5.97 Å². The van der Waals surface area contributed by atoms with Gasteiger partial charge in [-0.25, -0.2) is 0 Å². The van der Waals surface area contributed by atoms with Gasteiger partial charge in [0.1, 0.15) is 6.04 Å². The number of benzene rings is 1. The first kappa shape index (κ1) is 16.5. The zero-order valence-corrected chi connectivity index (χ0v) is 14.7. The topological polar surface area (TPSA) is 50.4 Å². The maximum Gasteiger partial charge on any atom is 0.323 e. The van der Waals surface area contributed by atoms with Crippen LogP contribution in [0.25, 0.3) is 0 Å². The molecule has 0 amide bonds. The third-order valence-corrected chi connectivity index (χ3v) is 5.11. The predicted octanol–water partition coefficient (Wildman–Crippen LogP) is 2.60. The Labute approximate surface area is 139 Å². The van der Waals surface area contributed by atoms with E-state index in [1.807, 2.05) is 0 Å². The predicted molar refractivity (Wildman–Crippen MR) is 91.5 cm³/mol. The molecule has 0 spiro atoms. The monoisotopic (exact) mass is 316 g/mol. The molecule has 4 heteroatoms. The summed E-state index contributed by atoms with van der Waals surface area (Å²) in [4.78, 5) is 11.9. The molecule has 2 heterocycles. The Morgan fingerprint density at radius 3 is 2.65 bits per heavy atom. The van der Waals surface area contributed by atoms with Crippen LogP contribution in [0.2, 0.25) is 0 Å². The van der Waals surface area contributed by atoms with Crippen LogP contribution in [0, 0.1) is 0 Å². The maximum absolute atomic E-state index is 11.9. The number of methoxy groups -OCH3 is 1. The van der Waals surface area contributed by atoms with Gasteiger partial charge < -0.3 is 15.4 Å². The van der Waals surface area contributed by atoms with E-state index in [9.17, 15) is 4.79 Å². The van der Waals surface area contributed by atoms with Crippen molar-refractivity contribution < 1.29 is 9.53 Å². The van der Waals surface area contributed by atoms with Crippen molar-refractivity contribution in [1.29, 1.82) is 0 Å². The van der Waals surface area contributed by atoms with Crippen molar-refractivity contribution in [2.24, 2.45) is 0 Å². The number of rotatable bonds is 2. The molecular formula is C19H28N2O2. The molecule has 1 saturated heterocycles. The lowest BCUT2D eigenvalue weighted by molar-refractivity contribution is -0.143. The number of hydrogen-bond donors (Lipinski definition) is 2. The highest BCUT2D eigenvalue weighted by atomic mass is 16.5. The summed E-state index contributed by atoms with van der Waals surface area (Å²) in [5.41, 5.74) is 5.56. The van der Waals surface area contributed by atoms with Crippen molar-refractivity contribution in [3.05, 3.63) is 34.4 Å². The van der Waals surface area contributed by atoms with Gasteiger partial charge in [-0.15, -0.1) is 0 Å². The van der Waals surface area contributed by atoms with Gasteiger partial charge in [0.25, 0.3) is 0 Å². The van der Waals surface area contributed by atoms with Gasteiger partial charge in [-0.2, -0.15) is 0 Å². The summed E-state index contributed by atoms with van der Waals surface area (Å²) in [6.07, 6.45) is 3.12. The summed E-state index contributed by atoms with van der Waals surface area (Å²) in [5, 5.41) is 6.95. The Hall–Kier alpha value is -1.39. The molecule has 126 valence electrons. The Balaban J connectivity index is 2.03. The minimum absolute atomic E-state index is 0.127. The molecule has 1 aromatic rings. The molecule has 1 fully saturated rings. The molecule has 3 rings (SSSR count). The van der Waals surface area contributed by atoms with Crippen molar-refractivity contribution in [3.63, 3.8) is 0 Å². The molecule has 2 atom stereocenters. The lowest BCUT2D eigenvalue weighted by Crippen LogP contribution is -2.43. The first-order valence-electron chi connectivity index (χ1n) is 8.61. The van der Waals surface area contributed by atoms with Crippen LogP contribution in [0.15, 0.2) is 12.1 Å². The van der Waals surface area contributed by atoms with Gasteiger partial charge in [-0.3, -0.25) is 4.79 Å². The molecule has 2 aliphatic heterocycles. The van der Waals surface area contributed by atoms with Gasteiger partial charge in [0.2, 0.25) is 0 Å². The Morgan fingerprint density at radius 1 is 1.26 bits per heavy atom. The summed E-state index contributed by atoms with van der Waals surface area (Å²) in [6.45, 7) is 8.59. The number of esters is 1. The molecule has 2 aliphatic rings. The molecule has 0 bridgehead atoms. The number of ether oxygens (including phenoxy) is 1. The van der Waals surface area contributed by atoms with Crippen LogP contribution in [0.1, 0.15) is 61.9 Å². The molecule has 0 saturated carbocycles. The van der Waals surface area contributed by atoms with Crippen molar-refractivity contribution in [1.82, 2.24) is 10.6 Å². The second kappa shape index (κ2) is 6.25. The Kier molecular flexibility index (Phi) is 4.47. The highest BCUT2D eigenvalue weighted by Crippen LogP contribution is 2.35. The first-order valence-corrected chi connectivity index (χ1v) is 8.61. The SMILES string of the molecule is COC(=O)C1Cc2c(cc(C(C)(C)C)cc2C2CCCN2)CN1. The quantitative estimate of drug-likeness (QED) is 0.824. The number of fused-ring (bicyclic) bond motifs is 1. The van der Waals surface area contributed by atoms with Crippen LogP contribution in [-0.4, -0.2) is 25.7 Å². The van der Waals surface area contributed by atoms with Gasteiger partial charge in [0.15, 0.2) is 0 Å². The summed E-state index contributed by atoms with van der Waals surface area (Å²) in [7, 11) is 1.46. The van der Waals surface area contributed by atoms with E-state index in [1.165, 1.54) is 42.2 Å². The van der Waals surface area contributed by atoms with E-state index in [2.05, 4.69) is 43.5 Å². The smallest absolute Gasteiger partial charge is 0.323 e. The zero-order chi connectivity index (χ0) is 16.6. The Morgan fingerprint density at radius 2 is 2.04 bits per heavy atom. The fourth-order valence-corrected chi connectivity index (χ4v) is 3.68. The largest absolute Gasteiger partial charge is 0.468 e. The Bertz CT molecular complexity index is 598. The van der Waals surface area contributed by atoms with E-state index in [0.717, 1.165) is 19.5 Å². The van der Waals surface area contributed by atoms with Crippen LogP contribution in [-0.2, 0) is 27.9 Å². The third kappa shape index (κ3) is 3.29. The summed E-state index contributed by atoms with van der Waals surface area (Å²) >= 11 is 0. The lowest BCUT2D eigenvalue weighted by Gasteiger charge is -2.31. The standard InChI is InChI=1S/C19H28N2O2/c1-19(2,3)13-8-12-11-21-17(18(22)23-4)10-14(12)15(9-13)16-6-5-7-20-16/h8-9,16-17,20-21H,5-7,10-11H2,1-4H3. The van der Waals surface area contributed by atoms with Crippen LogP contribution in [0.3, 0.4) is 0 Å². The molecule has 0 aliphatic carbocycles. The molecule has 2 unspecified atom stereocenters. The third-order valence-electron chi connectivity index (χ3n) is 5.11. The van der Waals surface area contributed by atoms with E-state index < -0.39 is 0 Å². The number of carbonyl (C=O) groups is 1. The molecule has 1 aromatic carbocycles. The molecule has 4 nitrogen and oxygen atoms in total. The second-order valence-corrected chi connectivity index (χ2v) is 7.76. The van der Waals surface area contributed by atoms with E-state index in [0.29, 0.717) is 6.04 Å². The highest BCUT2D eigenvalue weighted by molar-refractivity contribution is 5.76. The fraction of sp³-hybridized carbons (Fsp3) is 0.632. The maximum atomic E-state index is 11.9. The van der Waals surface area contributed by atoms with Crippen LogP contribution in [0.5, 0.6) is 0 Å². The average molecular weight is 316 g/mol. The normalized spacial score (nSPS) is 24.3. The van der Waals surface area contributed by atoms with E-state index in [-0.39, 0.29) is 17.4 Å². The van der Waals surface area contributed by atoms with Crippen LogP contribution >= 0.6 is 0 Å². The highest BCUT2D eigenvalue weighted by Gasteiger charge is 2.31. The van der Waals surface area contributed by atoms with E-state index >= 15 is 0 Å². The molecule has 0 radical (unpaired) electrons. The van der Waals surface area contributed by atoms with Gasteiger partial charge in [-0.1, -0.05) is 32.9 Å². The number of carbonyl (C=O) groups excluding carboxylic acids is 1. The molecule has 2 N–H and O–H groups in total. The molecule has 23 heavy (non-hydrogen) atoms. The van der Waals surface area contributed by atoms with E-state index in [4.69, 9.17) is 4.74 Å². The molecular weight excluding hydrogens is 288 g/mol. The fourth-order valence-electron chi connectivity index (χ4n) is 3.68. The minimum Gasteiger partial charge on any atom is -0.468 e. The van der Waals surface area contributed by atoms with Gasteiger partial charge in [0.05, 0.1) is 7.11 Å². The van der Waals surface area contributed by atoms with Crippen LogP contribution in [0.4, 0.5) is 0 Å². The number of hydrogen-bond acceptors (Lipinski definition) is 4. The van der Waals surface area contributed by atoms with Crippen LogP contribution < -0.4 is 10.6 Å². The molecule has 0 aromatic heterocycles. The second-order valence-electron chi connectivity index (χ2n) is 7.76. The average Bonchev–Trinajstić information content (AvgIpc) is 3.05. The summed E-state index contributed by atoms with van der Waals surface area (Å²) < 4.78 is 4.93. The summed E-state index contributed by atoms with van der Waals surface area (Å²) in [6, 6.07) is 4.87. The zero-order valence-electron chi connectivity index (χ0n) is 14.7. The van der Waals surface area contributed by atoms with Gasteiger partial charge in [0, 0.05) is 12.6 Å². The summed E-state index contributed by atoms with van der Waals surface area (Å²) in [5.74, 6) is -0.166.